The first-order chi connectivity index (χ1) is 8.18. The van der Waals surface area contributed by atoms with Crippen molar-refractivity contribution in [2.45, 2.75) is 6.92 Å². The van der Waals surface area contributed by atoms with E-state index in [0.717, 1.165) is 0 Å². The summed E-state index contributed by atoms with van der Waals surface area (Å²) in [6, 6.07) is 0. The summed E-state index contributed by atoms with van der Waals surface area (Å²) in [5.41, 5.74) is 0. The minimum atomic E-state index is -5.73. The Morgan fingerprint density at radius 2 is 1.11 bits per heavy atom. The molecule has 0 saturated carbocycles. The Morgan fingerprint density at radius 3 is 1.47 bits per heavy atom. The fourth-order valence-corrected chi connectivity index (χ4v) is 5.06. The zero-order valence-electron chi connectivity index (χ0n) is 9.00. The maximum atomic E-state index is 11.0. The molecule has 116 valence electrons. The molecule has 17 heteroatoms. The fourth-order valence-electron chi connectivity index (χ4n) is 0.612. The molecule has 3 atom stereocenters. The molecule has 3 unspecified atom stereocenters. The van der Waals surface area contributed by atoms with Crippen molar-refractivity contribution in [3.05, 3.63) is 0 Å². The van der Waals surface area contributed by atoms with Crippen LogP contribution in [0, 0.1) is 0 Å². The van der Waals surface area contributed by atoms with Gasteiger partial charge in [0.25, 0.3) is 0 Å². The maximum Gasteiger partial charge on any atom is 0.490 e. The van der Waals surface area contributed by atoms with Gasteiger partial charge in [-0.25, -0.2) is 18.3 Å². The lowest BCUT2D eigenvalue weighted by Crippen LogP contribution is -1.97. The molecule has 0 aromatic carbocycles. The summed E-state index contributed by atoms with van der Waals surface area (Å²) in [5.74, 6) is 0. The van der Waals surface area contributed by atoms with E-state index in [9.17, 15) is 18.3 Å². The van der Waals surface area contributed by atoms with E-state index in [1.807, 2.05) is 0 Å². The molecule has 0 rings (SSSR count). The second-order valence-corrected chi connectivity index (χ2v) is 8.57. The summed E-state index contributed by atoms with van der Waals surface area (Å²) in [4.78, 5) is 42.8. The van der Waals surface area contributed by atoms with Gasteiger partial charge in [-0.15, -0.1) is 0 Å². The summed E-state index contributed by atoms with van der Waals surface area (Å²) >= 11 is 0. The van der Waals surface area contributed by atoms with Gasteiger partial charge in [-0.05, 0) is 6.92 Å². The third kappa shape index (κ3) is 10.0. The number of hydrogen-bond donors (Lipinski definition) is 5. The largest absolute Gasteiger partial charge is 0.490 e. The minimum Gasteiger partial charge on any atom is -0.302 e. The fraction of sp³-hybridized carbons (Fsp3) is 1.00. The zero-order valence-corrected chi connectivity index (χ0v) is 12.6. The van der Waals surface area contributed by atoms with Crippen molar-refractivity contribution < 1.29 is 60.2 Å². The molecule has 13 nitrogen and oxygen atoms in total. The molecular formula is C2H10O13P4. The van der Waals surface area contributed by atoms with Crippen LogP contribution < -0.4 is 0 Å². The Hall–Kier alpha value is 0.560. The molecule has 0 heterocycles. The number of phosphoric acid groups is 4. The first-order valence-electron chi connectivity index (χ1n) is 4.00. The van der Waals surface area contributed by atoms with Gasteiger partial charge >= 0.3 is 31.3 Å². The Bertz CT molecular complexity index is 487. The number of rotatable bonds is 8. The lowest BCUT2D eigenvalue weighted by molar-refractivity contribution is 0.174. The predicted molar refractivity (Wildman–Crippen MR) is 56.4 cm³/mol. The van der Waals surface area contributed by atoms with Crippen LogP contribution in [0.3, 0.4) is 0 Å². The molecule has 0 aliphatic carbocycles. The van der Waals surface area contributed by atoms with Crippen LogP contribution >= 0.6 is 31.3 Å². The van der Waals surface area contributed by atoms with Gasteiger partial charge in [-0.2, -0.15) is 12.9 Å². The second-order valence-electron chi connectivity index (χ2n) is 2.56. The summed E-state index contributed by atoms with van der Waals surface area (Å²) < 4.78 is 57.1. The van der Waals surface area contributed by atoms with E-state index in [1.54, 1.807) is 0 Å². The highest BCUT2D eigenvalue weighted by Crippen LogP contribution is 2.70. The Labute approximate surface area is 106 Å². The molecule has 0 radical (unpaired) electrons. The van der Waals surface area contributed by atoms with E-state index in [4.69, 9.17) is 24.5 Å². The SMILES string of the molecule is CCOP(=O)(O)OP(=O)(O)OP(=O)(O)OP(=O)(O)O. The van der Waals surface area contributed by atoms with Crippen LogP contribution in [0.25, 0.3) is 0 Å². The molecule has 0 saturated heterocycles. The monoisotopic (exact) mass is 366 g/mol. The average Bonchev–Trinajstić information content (AvgIpc) is 1.90. The third-order valence-corrected chi connectivity index (χ3v) is 6.48. The number of hydrogen-bond acceptors (Lipinski definition) is 8. The standard InChI is InChI=1S/C2H10O13P4/c1-2-12-17(6,7)14-19(10,11)15-18(8,9)13-16(3,4)5/h2H2,1H3,(H,6,7)(H,8,9)(H,10,11)(H2,3,4,5). The van der Waals surface area contributed by atoms with Crippen LogP contribution in [0.5, 0.6) is 0 Å². The van der Waals surface area contributed by atoms with Crippen molar-refractivity contribution in [1.82, 2.24) is 0 Å². The lowest BCUT2D eigenvalue weighted by atomic mass is 10.9. The van der Waals surface area contributed by atoms with Crippen LogP contribution in [0.4, 0.5) is 0 Å². The van der Waals surface area contributed by atoms with Gasteiger partial charge in [0.2, 0.25) is 0 Å². The van der Waals surface area contributed by atoms with E-state index in [0.29, 0.717) is 0 Å². The highest BCUT2D eigenvalue weighted by Gasteiger charge is 2.44. The van der Waals surface area contributed by atoms with E-state index >= 15 is 0 Å². The van der Waals surface area contributed by atoms with Gasteiger partial charge in [0.1, 0.15) is 0 Å². The molecule has 0 aliphatic rings. The van der Waals surface area contributed by atoms with Crippen molar-refractivity contribution in [2.24, 2.45) is 0 Å². The van der Waals surface area contributed by atoms with Gasteiger partial charge in [0.15, 0.2) is 0 Å². The van der Waals surface area contributed by atoms with E-state index < -0.39 is 37.9 Å². The van der Waals surface area contributed by atoms with Crippen LogP contribution in [0.2, 0.25) is 0 Å². The van der Waals surface area contributed by atoms with Crippen LogP contribution in [0.1, 0.15) is 6.92 Å². The summed E-state index contributed by atoms with van der Waals surface area (Å²) in [6.07, 6.45) is 0. The Balaban J connectivity index is 4.88. The molecule has 5 N–H and O–H groups in total. The predicted octanol–water partition coefficient (Wildman–Crippen LogP) is 0.467. The average molecular weight is 366 g/mol. The van der Waals surface area contributed by atoms with E-state index in [2.05, 4.69) is 17.5 Å². The van der Waals surface area contributed by atoms with Gasteiger partial charge in [-0.1, -0.05) is 0 Å². The topological polar surface area (TPSA) is 206 Å². The molecule has 19 heavy (non-hydrogen) atoms. The first kappa shape index (κ1) is 19.6. The second kappa shape index (κ2) is 6.55. The van der Waals surface area contributed by atoms with Gasteiger partial charge < -0.3 is 24.5 Å². The van der Waals surface area contributed by atoms with Crippen molar-refractivity contribution in [3.63, 3.8) is 0 Å². The van der Waals surface area contributed by atoms with Crippen molar-refractivity contribution in [1.29, 1.82) is 0 Å². The van der Waals surface area contributed by atoms with Crippen molar-refractivity contribution in [2.75, 3.05) is 6.61 Å². The Kier molecular flexibility index (Phi) is 6.74. The summed E-state index contributed by atoms with van der Waals surface area (Å²) in [5, 5.41) is 0. The van der Waals surface area contributed by atoms with E-state index in [-0.39, 0.29) is 0 Å². The van der Waals surface area contributed by atoms with Gasteiger partial charge in [0, 0.05) is 0 Å². The van der Waals surface area contributed by atoms with Crippen molar-refractivity contribution >= 4 is 31.3 Å². The van der Waals surface area contributed by atoms with Gasteiger partial charge in [-0.3, -0.25) is 4.52 Å². The van der Waals surface area contributed by atoms with Crippen LogP contribution in [0.15, 0.2) is 0 Å². The molecule has 0 amide bonds. The molecule has 0 aromatic heterocycles. The summed E-state index contributed by atoms with van der Waals surface area (Å²) in [7, 11) is -22.0. The van der Waals surface area contributed by atoms with Crippen LogP contribution in [-0.2, 0) is 35.7 Å². The molecule has 0 aliphatic heterocycles. The minimum absolute atomic E-state index is 0.413. The quantitative estimate of drug-likeness (QED) is 0.371. The molecule has 0 bridgehead atoms. The zero-order chi connectivity index (χ0) is 15.5. The molecule has 0 spiro atoms. The summed E-state index contributed by atoms with van der Waals surface area (Å²) in [6.45, 7) is 0.812. The first-order valence-corrected chi connectivity index (χ1v) is 10.0. The maximum absolute atomic E-state index is 11.0. The van der Waals surface area contributed by atoms with Crippen LogP contribution in [-0.4, -0.2) is 31.1 Å². The third-order valence-electron chi connectivity index (χ3n) is 0.915. The molecule has 0 aromatic rings. The highest BCUT2D eigenvalue weighted by molar-refractivity contribution is 7.69. The van der Waals surface area contributed by atoms with Crippen molar-refractivity contribution in [3.8, 4) is 0 Å². The normalized spacial score (nSPS) is 22.2. The number of phosphoric ester groups is 1. The smallest absolute Gasteiger partial charge is 0.302 e. The van der Waals surface area contributed by atoms with E-state index in [1.165, 1.54) is 6.92 Å². The molecule has 0 fully saturated rings. The highest BCUT2D eigenvalue weighted by atomic mass is 31.3. The molecular weight excluding hydrogens is 356 g/mol. The van der Waals surface area contributed by atoms with Gasteiger partial charge in [0.05, 0.1) is 6.61 Å². The Morgan fingerprint density at radius 1 is 0.737 bits per heavy atom. The lowest BCUT2D eigenvalue weighted by Gasteiger charge is -2.17.